The van der Waals surface area contributed by atoms with E-state index in [2.05, 4.69) is 10.0 Å². The molecule has 3 aromatic carbocycles. The van der Waals surface area contributed by atoms with Crippen molar-refractivity contribution >= 4 is 15.7 Å². The number of nitrogens with one attached hydrogen (secondary N) is 2. The minimum Gasteiger partial charge on any atom is -0.506 e. The fourth-order valence-electron chi connectivity index (χ4n) is 3.27. The molecule has 164 valence electrons. The Bertz CT molecular complexity index is 1110. The van der Waals surface area contributed by atoms with Gasteiger partial charge in [0.2, 0.25) is 10.0 Å². The van der Waals surface area contributed by atoms with Crippen LogP contribution in [0.1, 0.15) is 28.8 Å². The second kappa shape index (κ2) is 9.91. The number of aliphatic hydroxyl groups excluding tert-OH is 1. The molecule has 0 aliphatic rings. The van der Waals surface area contributed by atoms with E-state index in [-0.39, 0.29) is 29.8 Å². The van der Waals surface area contributed by atoms with Crippen molar-refractivity contribution in [1.29, 1.82) is 0 Å². The van der Waals surface area contributed by atoms with Crippen LogP contribution in [0.5, 0.6) is 5.75 Å². The van der Waals surface area contributed by atoms with Crippen molar-refractivity contribution < 1.29 is 23.0 Å². The quantitative estimate of drug-likeness (QED) is 0.379. The van der Waals surface area contributed by atoms with Gasteiger partial charge < -0.3 is 15.5 Å². The summed E-state index contributed by atoms with van der Waals surface area (Å²) in [5, 5.41) is 23.8. The summed E-state index contributed by atoms with van der Waals surface area (Å²) in [5.41, 5.74) is 2.40. The second-order valence-electron chi connectivity index (χ2n) is 7.37. The molecule has 0 saturated heterocycles. The zero-order chi connectivity index (χ0) is 22.4. The van der Waals surface area contributed by atoms with Gasteiger partial charge in [0.05, 0.1) is 18.0 Å². The maximum atomic E-state index is 13.4. The summed E-state index contributed by atoms with van der Waals surface area (Å²) >= 11 is 0. The smallest absolute Gasteiger partial charge is 0.229 e. The van der Waals surface area contributed by atoms with Gasteiger partial charge in [-0.2, -0.15) is 0 Å². The van der Waals surface area contributed by atoms with Crippen molar-refractivity contribution in [2.45, 2.75) is 18.6 Å². The van der Waals surface area contributed by atoms with Crippen LogP contribution >= 0.6 is 0 Å². The van der Waals surface area contributed by atoms with Gasteiger partial charge in [-0.05, 0) is 47.4 Å². The predicted molar refractivity (Wildman–Crippen MR) is 119 cm³/mol. The van der Waals surface area contributed by atoms with Crippen LogP contribution in [0, 0.1) is 5.82 Å². The third-order valence-corrected chi connectivity index (χ3v) is 5.40. The average Bonchev–Trinajstić information content (AvgIpc) is 2.73. The lowest BCUT2D eigenvalue weighted by atomic mass is 9.98. The van der Waals surface area contributed by atoms with Crippen molar-refractivity contribution in [2.24, 2.45) is 0 Å². The number of halogens is 1. The zero-order valence-corrected chi connectivity index (χ0v) is 17.8. The molecule has 3 aromatic rings. The van der Waals surface area contributed by atoms with Crippen LogP contribution in [0.25, 0.3) is 0 Å². The van der Waals surface area contributed by atoms with Crippen LogP contribution in [0.4, 0.5) is 10.1 Å². The molecule has 0 heterocycles. The Morgan fingerprint density at radius 2 is 1.61 bits per heavy atom. The van der Waals surface area contributed by atoms with Gasteiger partial charge in [0.25, 0.3) is 0 Å². The van der Waals surface area contributed by atoms with Gasteiger partial charge in [0.1, 0.15) is 11.6 Å². The van der Waals surface area contributed by atoms with Crippen molar-refractivity contribution in [2.75, 3.05) is 17.5 Å². The Morgan fingerprint density at radius 1 is 0.968 bits per heavy atom. The predicted octanol–water partition coefficient (Wildman–Crippen LogP) is 3.51. The maximum Gasteiger partial charge on any atom is 0.229 e. The highest BCUT2D eigenvalue weighted by molar-refractivity contribution is 7.92. The van der Waals surface area contributed by atoms with Gasteiger partial charge in [-0.1, -0.05) is 48.5 Å². The zero-order valence-electron chi connectivity index (χ0n) is 17.0. The number of hydrogen-bond acceptors (Lipinski definition) is 5. The van der Waals surface area contributed by atoms with E-state index in [0.29, 0.717) is 12.0 Å². The Hall–Kier alpha value is -2.94. The van der Waals surface area contributed by atoms with E-state index in [0.717, 1.165) is 17.4 Å². The monoisotopic (exact) mass is 444 g/mol. The number of rotatable bonds is 9. The highest BCUT2D eigenvalue weighted by Gasteiger charge is 2.17. The lowest BCUT2D eigenvalue weighted by Gasteiger charge is -2.22. The lowest BCUT2D eigenvalue weighted by molar-refractivity contribution is 0.169. The molecule has 0 bridgehead atoms. The molecule has 4 N–H and O–H groups in total. The van der Waals surface area contributed by atoms with Crippen LogP contribution in [-0.2, 0) is 16.4 Å². The fourth-order valence-corrected chi connectivity index (χ4v) is 3.83. The van der Waals surface area contributed by atoms with Crippen LogP contribution in [0.15, 0.2) is 72.8 Å². The number of anilines is 1. The van der Waals surface area contributed by atoms with E-state index in [9.17, 15) is 23.0 Å². The number of aromatic hydroxyl groups is 1. The molecule has 3 rings (SSSR count). The van der Waals surface area contributed by atoms with E-state index in [4.69, 9.17) is 0 Å². The molecule has 6 nitrogen and oxygen atoms in total. The molecule has 0 amide bonds. The van der Waals surface area contributed by atoms with Crippen molar-refractivity contribution in [3.63, 3.8) is 0 Å². The van der Waals surface area contributed by atoms with E-state index in [1.807, 2.05) is 30.3 Å². The molecular weight excluding hydrogens is 419 g/mol. The highest BCUT2D eigenvalue weighted by Crippen LogP contribution is 2.28. The first-order chi connectivity index (χ1) is 14.7. The molecule has 0 aliphatic carbocycles. The molecule has 0 spiro atoms. The molecule has 1 unspecified atom stereocenters. The van der Waals surface area contributed by atoms with E-state index >= 15 is 0 Å². The number of hydrogen-bond donors (Lipinski definition) is 4. The summed E-state index contributed by atoms with van der Waals surface area (Å²) in [7, 11) is -3.58. The van der Waals surface area contributed by atoms with Crippen LogP contribution in [0.2, 0.25) is 0 Å². The van der Waals surface area contributed by atoms with E-state index < -0.39 is 16.1 Å². The molecule has 0 aromatic heterocycles. The maximum absolute atomic E-state index is 13.4. The average molecular weight is 445 g/mol. The largest absolute Gasteiger partial charge is 0.506 e. The van der Waals surface area contributed by atoms with E-state index in [1.165, 1.54) is 30.3 Å². The molecular formula is C23H25FN2O4S. The SMILES string of the molecule is CS(=O)(=O)Nc1cc([C@@H](O)CNC(Cc2ccccc2)c2ccc(F)cc2)ccc1O. The van der Waals surface area contributed by atoms with Crippen molar-refractivity contribution in [1.82, 2.24) is 5.32 Å². The van der Waals surface area contributed by atoms with Gasteiger partial charge in [-0.15, -0.1) is 0 Å². The molecule has 0 fully saturated rings. The molecule has 2 atom stereocenters. The Kier molecular flexibility index (Phi) is 7.27. The summed E-state index contributed by atoms with van der Waals surface area (Å²) < 4.78 is 38.6. The van der Waals surface area contributed by atoms with Crippen molar-refractivity contribution in [3.05, 3.63) is 95.3 Å². The Balaban J connectivity index is 1.76. The number of phenols is 1. The highest BCUT2D eigenvalue weighted by atomic mass is 32.2. The second-order valence-corrected chi connectivity index (χ2v) is 9.12. The number of phenolic OH excluding ortho intramolecular Hbond substituents is 1. The number of sulfonamides is 1. The van der Waals surface area contributed by atoms with Gasteiger partial charge in [-0.25, -0.2) is 12.8 Å². The van der Waals surface area contributed by atoms with Crippen molar-refractivity contribution in [3.8, 4) is 5.75 Å². The van der Waals surface area contributed by atoms with Crippen LogP contribution in [0.3, 0.4) is 0 Å². The van der Waals surface area contributed by atoms with Gasteiger partial charge >= 0.3 is 0 Å². The van der Waals surface area contributed by atoms with Crippen LogP contribution in [-0.4, -0.2) is 31.4 Å². The standard InChI is InChI=1S/C23H25FN2O4S/c1-31(29,30)26-21-14-18(9-12-22(21)27)23(28)15-25-20(13-16-5-3-2-4-6-16)17-7-10-19(24)11-8-17/h2-12,14,20,23,25-28H,13,15H2,1H3/t20?,23-/m0/s1. The minimum atomic E-state index is -3.58. The summed E-state index contributed by atoms with van der Waals surface area (Å²) in [6.07, 6.45) is 0.656. The molecule has 31 heavy (non-hydrogen) atoms. The molecule has 0 aliphatic heterocycles. The summed E-state index contributed by atoms with van der Waals surface area (Å²) in [5.74, 6) is -0.556. The molecule has 0 saturated carbocycles. The van der Waals surface area contributed by atoms with E-state index in [1.54, 1.807) is 12.1 Å². The first-order valence-corrected chi connectivity index (χ1v) is 11.6. The summed E-state index contributed by atoms with van der Waals surface area (Å²) in [6.45, 7) is 0.165. The summed E-state index contributed by atoms with van der Waals surface area (Å²) in [6, 6.07) is 20.1. The minimum absolute atomic E-state index is 0.00146. The van der Waals surface area contributed by atoms with Crippen LogP contribution < -0.4 is 10.0 Å². The Morgan fingerprint density at radius 3 is 2.26 bits per heavy atom. The Labute approximate surface area is 181 Å². The fraction of sp³-hybridized carbons (Fsp3) is 0.217. The lowest BCUT2D eigenvalue weighted by Crippen LogP contribution is -2.28. The summed E-state index contributed by atoms with van der Waals surface area (Å²) in [4.78, 5) is 0. The molecule has 0 radical (unpaired) electrons. The first kappa shape index (κ1) is 22.7. The first-order valence-electron chi connectivity index (χ1n) is 9.73. The normalized spacial score (nSPS) is 13.5. The topological polar surface area (TPSA) is 98.7 Å². The number of aliphatic hydroxyl groups is 1. The van der Waals surface area contributed by atoms with Gasteiger partial charge in [-0.3, -0.25) is 4.72 Å². The number of benzene rings is 3. The van der Waals surface area contributed by atoms with Gasteiger partial charge in [0, 0.05) is 12.6 Å². The van der Waals surface area contributed by atoms with Gasteiger partial charge in [0.15, 0.2) is 0 Å². The third kappa shape index (κ3) is 6.78. The third-order valence-electron chi connectivity index (χ3n) is 4.81. The molecule has 8 heteroatoms.